The maximum absolute atomic E-state index is 12.7. The van der Waals surface area contributed by atoms with E-state index in [0.29, 0.717) is 19.4 Å². The average molecular weight is 313 g/mol. The fraction of sp³-hybridized carbons (Fsp3) is 0.474. The van der Waals surface area contributed by atoms with Gasteiger partial charge in [0.2, 0.25) is 5.91 Å². The zero-order valence-electron chi connectivity index (χ0n) is 13.9. The molecule has 4 nitrogen and oxygen atoms in total. The molecule has 0 radical (unpaired) electrons. The van der Waals surface area contributed by atoms with Crippen LogP contribution in [0.15, 0.2) is 35.5 Å². The molecule has 23 heavy (non-hydrogen) atoms. The summed E-state index contributed by atoms with van der Waals surface area (Å²) in [7, 11) is 0. The highest BCUT2D eigenvalue weighted by molar-refractivity contribution is 6.02. The minimum Gasteiger partial charge on any atom is -0.494 e. The molecule has 1 aliphatic heterocycles. The lowest BCUT2D eigenvalue weighted by molar-refractivity contribution is -0.122. The number of ketones is 1. The smallest absolute Gasteiger partial charge is 0.225 e. The molecule has 0 aromatic heterocycles. The first kappa shape index (κ1) is 15.8. The Morgan fingerprint density at radius 2 is 2.04 bits per heavy atom. The Hall–Kier alpha value is -2.10. The number of rotatable bonds is 3. The molecule has 3 rings (SSSR count). The van der Waals surface area contributed by atoms with Crippen molar-refractivity contribution in [1.82, 2.24) is 5.32 Å². The third-order valence-electron chi connectivity index (χ3n) is 4.52. The van der Waals surface area contributed by atoms with Crippen LogP contribution in [0.1, 0.15) is 51.5 Å². The molecule has 1 atom stereocenters. The van der Waals surface area contributed by atoms with E-state index >= 15 is 0 Å². The van der Waals surface area contributed by atoms with E-state index in [2.05, 4.69) is 19.2 Å². The largest absolute Gasteiger partial charge is 0.494 e. The van der Waals surface area contributed by atoms with Gasteiger partial charge < -0.3 is 10.1 Å². The Morgan fingerprint density at radius 3 is 2.78 bits per heavy atom. The molecule has 0 spiro atoms. The van der Waals surface area contributed by atoms with Crippen molar-refractivity contribution < 1.29 is 14.3 Å². The number of ether oxygens (including phenoxy) is 1. The number of Topliss-reactive ketones (excluding diaryl/α,β-unsaturated/α-hetero) is 1. The van der Waals surface area contributed by atoms with E-state index in [1.807, 2.05) is 31.2 Å². The molecule has 0 bridgehead atoms. The number of amides is 1. The molecule has 1 amide bonds. The highest BCUT2D eigenvalue weighted by Gasteiger charge is 2.40. The van der Waals surface area contributed by atoms with Gasteiger partial charge in [-0.2, -0.15) is 0 Å². The average Bonchev–Trinajstić information content (AvgIpc) is 2.45. The number of nitrogens with one attached hydrogen (secondary N) is 1. The standard InChI is InChI=1S/C19H23NO3/c1-4-23-13-7-5-6-12(8-13)14-9-17(22)20-15-10-19(2,3)11-16(21)18(14)15/h5-8,14H,4,9-11H2,1-3H3,(H,20,22). The molecule has 0 saturated carbocycles. The van der Waals surface area contributed by atoms with Gasteiger partial charge >= 0.3 is 0 Å². The Balaban J connectivity index is 2.03. The first-order chi connectivity index (χ1) is 10.9. The van der Waals surface area contributed by atoms with Crippen LogP contribution in [0.3, 0.4) is 0 Å². The summed E-state index contributed by atoms with van der Waals surface area (Å²) in [5, 5.41) is 2.93. The van der Waals surface area contributed by atoms with Crippen LogP contribution >= 0.6 is 0 Å². The molecule has 1 heterocycles. The molecule has 1 aliphatic carbocycles. The van der Waals surface area contributed by atoms with Gasteiger partial charge in [0.25, 0.3) is 0 Å². The first-order valence-electron chi connectivity index (χ1n) is 8.18. The molecule has 0 saturated heterocycles. The molecule has 1 aromatic carbocycles. The molecular weight excluding hydrogens is 290 g/mol. The van der Waals surface area contributed by atoms with Gasteiger partial charge in [-0.25, -0.2) is 0 Å². The van der Waals surface area contributed by atoms with Gasteiger partial charge in [0.15, 0.2) is 5.78 Å². The number of carbonyl (C=O) groups is 2. The molecule has 0 fully saturated rings. The lowest BCUT2D eigenvalue weighted by Crippen LogP contribution is -2.40. The summed E-state index contributed by atoms with van der Waals surface area (Å²) in [5.74, 6) is 0.758. The number of carbonyl (C=O) groups excluding carboxylic acids is 2. The summed E-state index contributed by atoms with van der Waals surface area (Å²) < 4.78 is 5.56. The summed E-state index contributed by atoms with van der Waals surface area (Å²) in [6, 6.07) is 7.75. The molecule has 1 N–H and O–H groups in total. The van der Waals surface area contributed by atoms with Crippen LogP contribution in [0.25, 0.3) is 0 Å². The predicted octanol–water partition coefficient (Wildman–Crippen LogP) is 3.33. The van der Waals surface area contributed by atoms with E-state index < -0.39 is 0 Å². The van der Waals surface area contributed by atoms with Crippen molar-refractivity contribution >= 4 is 11.7 Å². The minimum absolute atomic E-state index is 0.0129. The van der Waals surface area contributed by atoms with Gasteiger partial charge in [0.05, 0.1) is 6.61 Å². The Kier molecular flexibility index (Phi) is 4.00. The summed E-state index contributed by atoms with van der Waals surface area (Å²) >= 11 is 0. The highest BCUT2D eigenvalue weighted by Crippen LogP contribution is 2.44. The minimum atomic E-state index is -0.164. The van der Waals surface area contributed by atoms with Crippen LogP contribution in [-0.4, -0.2) is 18.3 Å². The van der Waals surface area contributed by atoms with Gasteiger partial charge in [0.1, 0.15) is 5.75 Å². The van der Waals surface area contributed by atoms with Gasteiger partial charge in [0, 0.05) is 30.0 Å². The zero-order valence-corrected chi connectivity index (χ0v) is 13.9. The van der Waals surface area contributed by atoms with E-state index in [4.69, 9.17) is 4.74 Å². The number of hydrogen-bond acceptors (Lipinski definition) is 3. The topological polar surface area (TPSA) is 55.4 Å². The second-order valence-electron chi connectivity index (χ2n) is 7.14. The quantitative estimate of drug-likeness (QED) is 0.931. The van der Waals surface area contributed by atoms with Gasteiger partial charge in [-0.05, 0) is 36.5 Å². The van der Waals surface area contributed by atoms with Gasteiger partial charge in [-0.15, -0.1) is 0 Å². The van der Waals surface area contributed by atoms with Crippen molar-refractivity contribution in [3.8, 4) is 5.75 Å². The van der Waals surface area contributed by atoms with Crippen molar-refractivity contribution in [1.29, 1.82) is 0 Å². The Labute approximate surface area is 136 Å². The van der Waals surface area contributed by atoms with Crippen molar-refractivity contribution in [2.75, 3.05) is 6.61 Å². The monoisotopic (exact) mass is 313 g/mol. The maximum Gasteiger partial charge on any atom is 0.225 e. The third-order valence-corrected chi connectivity index (χ3v) is 4.52. The normalized spacial score (nSPS) is 23.3. The summed E-state index contributed by atoms with van der Waals surface area (Å²) in [5.41, 5.74) is 2.48. The molecule has 1 unspecified atom stereocenters. The predicted molar refractivity (Wildman–Crippen MR) is 88.2 cm³/mol. The summed E-state index contributed by atoms with van der Waals surface area (Å²) in [6.45, 7) is 6.67. The van der Waals surface area contributed by atoms with Gasteiger partial charge in [-0.1, -0.05) is 26.0 Å². The third kappa shape index (κ3) is 3.16. The SMILES string of the molecule is CCOc1cccc(C2CC(=O)NC3=C2C(=O)CC(C)(C)C3)c1. The van der Waals surface area contributed by atoms with Crippen LogP contribution in [0, 0.1) is 5.41 Å². The zero-order chi connectivity index (χ0) is 16.6. The van der Waals surface area contributed by atoms with E-state index in [-0.39, 0.29) is 23.0 Å². The Bertz CT molecular complexity index is 688. The van der Waals surface area contributed by atoms with Crippen molar-refractivity contribution in [2.45, 2.75) is 46.0 Å². The van der Waals surface area contributed by atoms with Crippen molar-refractivity contribution in [3.63, 3.8) is 0 Å². The lowest BCUT2D eigenvalue weighted by Gasteiger charge is -2.37. The molecular formula is C19H23NO3. The summed E-state index contributed by atoms with van der Waals surface area (Å²) in [4.78, 5) is 24.8. The number of benzene rings is 1. The number of hydrogen-bond donors (Lipinski definition) is 1. The van der Waals surface area contributed by atoms with Crippen LogP contribution in [0.4, 0.5) is 0 Å². The summed E-state index contributed by atoms with van der Waals surface area (Å²) in [6.07, 6.45) is 1.59. The second-order valence-corrected chi connectivity index (χ2v) is 7.14. The fourth-order valence-electron chi connectivity index (χ4n) is 3.63. The Morgan fingerprint density at radius 1 is 1.26 bits per heavy atom. The van der Waals surface area contributed by atoms with Crippen LogP contribution in [0.2, 0.25) is 0 Å². The molecule has 4 heteroatoms. The van der Waals surface area contributed by atoms with Crippen molar-refractivity contribution in [3.05, 3.63) is 41.1 Å². The van der Waals surface area contributed by atoms with Gasteiger partial charge in [-0.3, -0.25) is 9.59 Å². The first-order valence-corrected chi connectivity index (χ1v) is 8.18. The maximum atomic E-state index is 12.7. The second kappa shape index (κ2) is 5.84. The van der Waals surface area contributed by atoms with Crippen LogP contribution in [0.5, 0.6) is 5.75 Å². The number of allylic oxidation sites excluding steroid dienone is 2. The molecule has 1 aromatic rings. The van der Waals surface area contributed by atoms with E-state index in [1.54, 1.807) is 0 Å². The molecule has 2 aliphatic rings. The van der Waals surface area contributed by atoms with Crippen LogP contribution < -0.4 is 10.1 Å². The van der Waals surface area contributed by atoms with E-state index in [0.717, 1.165) is 29.0 Å². The molecule has 122 valence electrons. The lowest BCUT2D eigenvalue weighted by atomic mass is 9.70. The van der Waals surface area contributed by atoms with E-state index in [9.17, 15) is 9.59 Å². The van der Waals surface area contributed by atoms with E-state index in [1.165, 1.54) is 0 Å². The van der Waals surface area contributed by atoms with Crippen LogP contribution in [-0.2, 0) is 9.59 Å². The van der Waals surface area contributed by atoms with Crippen molar-refractivity contribution in [2.24, 2.45) is 5.41 Å². The fourth-order valence-corrected chi connectivity index (χ4v) is 3.63. The highest BCUT2D eigenvalue weighted by atomic mass is 16.5.